The first-order valence-corrected chi connectivity index (χ1v) is 43.0. The lowest BCUT2D eigenvalue weighted by Crippen LogP contribution is -2.38. The Kier molecular flexibility index (Phi) is 51.5. The largest absolute Gasteiger partial charge is 0.394 e. The second-order valence-corrected chi connectivity index (χ2v) is 37.5. The molecule has 0 aliphatic heterocycles. The van der Waals surface area contributed by atoms with Crippen LogP contribution in [-0.2, 0) is 0 Å². The predicted molar refractivity (Wildman–Crippen MR) is 415 cm³/mol. The lowest BCUT2D eigenvalue weighted by atomic mass is 9.72. The van der Waals surface area contributed by atoms with E-state index in [1.807, 2.05) is 6.92 Å². The van der Waals surface area contributed by atoms with E-state index in [1.54, 1.807) is 0 Å². The van der Waals surface area contributed by atoms with E-state index >= 15 is 0 Å². The van der Waals surface area contributed by atoms with Gasteiger partial charge in [-0.3, -0.25) is 0 Å². The molecule has 11 saturated carbocycles. The molecule has 0 aromatic heterocycles. The van der Waals surface area contributed by atoms with Gasteiger partial charge in [-0.2, -0.15) is 13.2 Å². The van der Waals surface area contributed by atoms with Gasteiger partial charge in [-0.1, -0.05) is 402 Å². The Morgan fingerprint density at radius 3 is 0.591 bits per heavy atom. The molecule has 0 saturated heterocycles. The van der Waals surface area contributed by atoms with E-state index in [9.17, 15) is 13.2 Å². The molecule has 0 nitrogen and oxygen atoms in total. The van der Waals surface area contributed by atoms with Gasteiger partial charge in [-0.25, -0.2) is 0 Å². The monoisotopic (exact) mass is 1320 g/mol. The van der Waals surface area contributed by atoms with Gasteiger partial charge in [0.2, 0.25) is 0 Å². The van der Waals surface area contributed by atoms with Crippen molar-refractivity contribution >= 4 is 0 Å². The highest BCUT2D eigenvalue weighted by Crippen LogP contribution is 2.50. The van der Waals surface area contributed by atoms with Crippen molar-refractivity contribution in [3.63, 3.8) is 0 Å². The molecule has 11 rings (SSSR count). The lowest BCUT2D eigenvalue weighted by Gasteiger charge is -2.37. The SMILES string of the molecule is CC1CCC(C)(C(F)(F)F)CC1.CC1CCC(C)(C)CC1.CC1CCC(C)CC1.CC1CCC(C)CC1.CC1CCCC1.CC1CCCCC1.CCC1CCC(C)(C)CC1.CCC1CCC(C)CC1.CCC1CCC(C)CC1.CCC1CCCC1.CCC1CCCCC1. The fourth-order valence-electron chi connectivity index (χ4n) is 16.9. The highest BCUT2D eigenvalue weighted by Gasteiger charge is 2.51. The van der Waals surface area contributed by atoms with E-state index in [2.05, 4.69) is 125 Å². The first kappa shape index (κ1) is 90.8. The number of halogens is 3. The Morgan fingerprint density at radius 1 is 0.215 bits per heavy atom. The second-order valence-electron chi connectivity index (χ2n) is 37.5. The third kappa shape index (κ3) is 47.5. The maximum absolute atomic E-state index is 12.5. The fraction of sp³-hybridized carbons (Fsp3) is 1.00. The number of hydrogen-bond acceptors (Lipinski definition) is 0. The fourth-order valence-corrected chi connectivity index (χ4v) is 16.9. The van der Waals surface area contributed by atoms with E-state index in [1.165, 1.54) is 309 Å². The summed E-state index contributed by atoms with van der Waals surface area (Å²) < 4.78 is 37.4. The van der Waals surface area contributed by atoms with E-state index in [0.29, 0.717) is 29.6 Å². The van der Waals surface area contributed by atoms with Gasteiger partial charge < -0.3 is 0 Å². The highest BCUT2D eigenvalue weighted by atomic mass is 19.4. The van der Waals surface area contributed by atoms with Crippen molar-refractivity contribution < 1.29 is 13.2 Å². The van der Waals surface area contributed by atoms with Crippen LogP contribution in [0.4, 0.5) is 13.2 Å². The van der Waals surface area contributed by atoms with Gasteiger partial charge in [-0.15, -0.1) is 0 Å². The number of hydrogen-bond donors (Lipinski definition) is 0. The average molecular weight is 1320 g/mol. The van der Waals surface area contributed by atoms with Gasteiger partial charge >= 0.3 is 6.18 Å². The Morgan fingerprint density at radius 2 is 0.387 bits per heavy atom. The summed E-state index contributed by atoms with van der Waals surface area (Å²) >= 11 is 0. The zero-order chi connectivity index (χ0) is 69.7. The molecule has 0 aromatic rings. The molecule has 11 fully saturated rings. The normalized spacial score (nSPS) is 31.8. The van der Waals surface area contributed by atoms with Crippen molar-refractivity contribution in [3.8, 4) is 0 Å². The standard InChI is InChI=1S/C10H20.C9H15F3.3C9H18.3C8H16.2C7H14.C6H12/c1-4-9-5-7-10(2,3)8-6-9;1-7-3-5-8(2,6-4-7)9(10,11)12;1-8-4-6-9(2,3)7-5-8;2*1-3-9-6-4-8(2)5-7-9;2*1-7-3-5-8(2)6-4-7;1-2-8-6-4-3-5-7-8;1-7-5-3-2-4-6-7;1-2-7-5-3-4-6-7;1-6-4-2-3-5-6/h9H,4-8H2,1-3H3;7H,3-6H2,1-2H3;8H,4-7H2,1-3H3;2*8-9H,3-7H2,1-2H3;2*7-8H,3-6H2,1-2H3;8H,2-7H2,1H3;2*7H,2-6H2,1H3;6H,2-5H2,1H3. The van der Waals surface area contributed by atoms with Crippen LogP contribution in [0.5, 0.6) is 0 Å². The minimum Gasteiger partial charge on any atom is -0.171 e. The van der Waals surface area contributed by atoms with Crippen LogP contribution in [0, 0.1) is 105 Å². The molecule has 3 heteroatoms. The van der Waals surface area contributed by atoms with Crippen LogP contribution in [0.25, 0.3) is 0 Å². The van der Waals surface area contributed by atoms with E-state index in [0.717, 1.165) is 95.7 Å². The van der Waals surface area contributed by atoms with Crippen LogP contribution in [0.3, 0.4) is 0 Å². The van der Waals surface area contributed by atoms with E-state index < -0.39 is 11.6 Å². The molecule has 0 aromatic carbocycles. The molecule has 0 heterocycles. The van der Waals surface area contributed by atoms with Gasteiger partial charge in [0.1, 0.15) is 0 Å². The summed E-state index contributed by atoms with van der Waals surface area (Å²) in [6.45, 7) is 45.8. The highest BCUT2D eigenvalue weighted by molar-refractivity contribution is 4.87. The Bertz CT molecular complexity index is 1510. The molecule has 0 bridgehead atoms. The van der Waals surface area contributed by atoms with Crippen molar-refractivity contribution in [1.82, 2.24) is 0 Å². The molecule has 11 aliphatic rings. The van der Waals surface area contributed by atoms with Crippen LogP contribution in [0.1, 0.15) is 466 Å². The summed E-state index contributed by atoms with van der Waals surface area (Å²) in [7, 11) is 0. The van der Waals surface area contributed by atoms with Gasteiger partial charge in [0, 0.05) is 0 Å². The van der Waals surface area contributed by atoms with Crippen molar-refractivity contribution in [1.29, 1.82) is 0 Å². The molecule has 0 unspecified atom stereocenters. The Balaban J connectivity index is 0.000000513. The minimum absolute atomic E-state index is 0.303. The van der Waals surface area contributed by atoms with Gasteiger partial charge in [0.05, 0.1) is 5.41 Å². The average Bonchev–Trinajstić information content (AvgIpc) is 1.25. The molecular weight excluding hydrogens is 1140 g/mol. The lowest BCUT2D eigenvalue weighted by molar-refractivity contribution is -0.229. The molecule has 0 radical (unpaired) electrons. The first-order chi connectivity index (χ1) is 44.0. The molecule has 11 aliphatic carbocycles. The maximum Gasteiger partial charge on any atom is 0.394 e. The minimum atomic E-state index is -4.01. The first-order valence-electron chi connectivity index (χ1n) is 43.0. The van der Waals surface area contributed by atoms with Crippen LogP contribution in [-0.4, -0.2) is 6.18 Å². The van der Waals surface area contributed by atoms with Crippen molar-refractivity contribution in [2.24, 2.45) is 105 Å². The molecular formula is C90H177F3. The van der Waals surface area contributed by atoms with E-state index in [4.69, 9.17) is 0 Å². The summed E-state index contributed by atoms with van der Waals surface area (Å²) in [5.74, 6) is 15.0. The van der Waals surface area contributed by atoms with Gasteiger partial charge in [0.15, 0.2) is 0 Å². The third-order valence-electron chi connectivity index (χ3n) is 26.7. The number of alkyl halides is 3. The summed E-state index contributed by atoms with van der Waals surface area (Å²) in [6, 6.07) is 0. The quantitative estimate of drug-likeness (QED) is 0.257. The Hall–Kier alpha value is -0.210. The summed E-state index contributed by atoms with van der Waals surface area (Å²) in [4.78, 5) is 0. The molecule has 0 spiro atoms. The van der Waals surface area contributed by atoms with Gasteiger partial charge in [-0.05, 0) is 164 Å². The van der Waals surface area contributed by atoms with Crippen LogP contribution >= 0.6 is 0 Å². The third-order valence-corrected chi connectivity index (χ3v) is 26.7. The Labute approximate surface area is 587 Å². The van der Waals surface area contributed by atoms with Crippen molar-refractivity contribution in [2.45, 2.75) is 472 Å². The van der Waals surface area contributed by atoms with Crippen LogP contribution < -0.4 is 0 Å². The molecule has 558 valence electrons. The van der Waals surface area contributed by atoms with Crippen LogP contribution in [0.2, 0.25) is 0 Å². The smallest absolute Gasteiger partial charge is 0.171 e. The van der Waals surface area contributed by atoms with Crippen molar-refractivity contribution in [2.75, 3.05) is 0 Å². The molecule has 0 atom stereocenters. The zero-order valence-electron chi connectivity index (χ0n) is 67.9. The summed E-state index contributed by atoms with van der Waals surface area (Å²) in [6.07, 6.45) is 67.4. The van der Waals surface area contributed by atoms with Crippen LogP contribution in [0.15, 0.2) is 0 Å². The number of rotatable bonds is 5. The topological polar surface area (TPSA) is 0 Å². The van der Waals surface area contributed by atoms with E-state index in [-0.39, 0.29) is 0 Å². The zero-order valence-corrected chi connectivity index (χ0v) is 67.9. The molecule has 0 N–H and O–H groups in total. The predicted octanol–water partition coefficient (Wildman–Crippen LogP) is 33.1. The molecule has 0 amide bonds. The summed E-state index contributed by atoms with van der Waals surface area (Å²) in [5, 5.41) is 0. The maximum atomic E-state index is 12.5. The second kappa shape index (κ2) is 52.7. The van der Waals surface area contributed by atoms with Crippen molar-refractivity contribution in [3.05, 3.63) is 0 Å². The molecule has 93 heavy (non-hydrogen) atoms. The van der Waals surface area contributed by atoms with Gasteiger partial charge in [0.25, 0.3) is 0 Å². The summed E-state index contributed by atoms with van der Waals surface area (Å²) in [5.41, 5.74) is -0.0856.